The van der Waals surface area contributed by atoms with Crippen LogP contribution in [-0.2, 0) is 9.47 Å². The van der Waals surface area contributed by atoms with E-state index in [1.54, 1.807) is 7.11 Å². The Kier molecular flexibility index (Phi) is 6.53. The normalized spacial score (nSPS) is 25.2. The van der Waals surface area contributed by atoms with Crippen molar-refractivity contribution in [2.24, 2.45) is 17.8 Å². The van der Waals surface area contributed by atoms with Crippen LogP contribution in [0.5, 0.6) is 0 Å². The van der Waals surface area contributed by atoms with Crippen LogP contribution < -0.4 is 0 Å². The maximum absolute atomic E-state index is 6.63. The van der Waals surface area contributed by atoms with Crippen molar-refractivity contribution in [1.82, 2.24) is 0 Å². The van der Waals surface area contributed by atoms with Crippen LogP contribution >= 0.6 is 0 Å². The fraction of sp³-hybridized carbons (Fsp3) is 0.545. The highest BCUT2D eigenvalue weighted by Gasteiger charge is 2.33. The highest BCUT2D eigenvalue weighted by atomic mass is 16.5. The maximum Gasteiger partial charge on any atom is 0.169 e. The molecule has 0 spiro atoms. The van der Waals surface area contributed by atoms with E-state index in [0.717, 1.165) is 29.1 Å². The van der Waals surface area contributed by atoms with Crippen LogP contribution in [0.3, 0.4) is 0 Å². The van der Waals surface area contributed by atoms with Crippen LogP contribution in [0.1, 0.15) is 52.5 Å². The molecule has 1 aromatic rings. The summed E-state index contributed by atoms with van der Waals surface area (Å²) in [6.45, 7) is 13.0. The van der Waals surface area contributed by atoms with Crippen LogP contribution in [-0.4, -0.2) is 13.2 Å². The number of methoxy groups -OCH3 is 1. The van der Waals surface area contributed by atoms with Crippen LogP contribution in [0, 0.1) is 17.8 Å². The number of allylic oxidation sites excluding steroid dienone is 1. The van der Waals surface area contributed by atoms with Gasteiger partial charge in [0, 0.05) is 5.56 Å². The van der Waals surface area contributed by atoms with Crippen molar-refractivity contribution in [2.75, 3.05) is 7.11 Å². The zero-order valence-electron chi connectivity index (χ0n) is 15.8. The summed E-state index contributed by atoms with van der Waals surface area (Å²) in [5.41, 5.74) is 1.94. The summed E-state index contributed by atoms with van der Waals surface area (Å²) < 4.78 is 12.3. The summed E-state index contributed by atoms with van der Waals surface area (Å²) in [6.07, 6.45) is 3.87. The molecule has 0 radical (unpaired) electrons. The minimum atomic E-state index is 0.230. The van der Waals surface area contributed by atoms with Gasteiger partial charge < -0.3 is 9.47 Å². The van der Waals surface area contributed by atoms with Crippen molar-refractivity contribution in [3.8, 4) is 0 Å². The molecule has 0 saturated heterocycles. The Morgan fingerprint density at radius 3 is 2.38 bits per heavy atom. The lowest BCUT2D eigenvalue weighted by atomic mass is 9.75. The van der Waals surface area contributed by atoms with Crippen molar-refractivity contribution in [1.29, 1.82) is 0 Å². The van der Waals surface area contributed by atoms with Gasteiger partial charge >= 0.3 is 0 Å². The monoisotopic (exact) mass is 328 g/mol. The van der Waals surface area contributed by atoms with Crippen molar-refractivity contribution in [3.05, 3.63) is 53.8 Å². The minimum absolute atomic E-state index is 0.230. The van der Waals surface area contributed by atoms with Gasteiger partial charge in [0.25, 0.3) is 0 Å². The summed E-state index contributed by atoms with van der Waals surface area (Å²) in [6, 6.07) is 10.2. The highest BCUT2D eigenvalue weighted by molar-refractivity contribution is 5.65. The molecule has 0 unspecified atom stereocenters. The Bertz CT molecular complexity index is 571. The molecule has 0 bridgehead atoms. The molecule has 1 aliphatic carbocycles. The van der Waals surface area contributed by atoms with Crippen LogP contribution in [0.2, 0.25) is 0 Å². The van der Waals surface area contributed by atoms with Crippen molar-refractivity contribution >= 4 is 5.76 Å². The number of hydrogen-bond donors (Lipinski definition) is 0. The van der Waals surface area contributed by atoms with Gasteiger partial charge in [-0.05, 0) is 43.1 Å². The molecule has 24 heavy (non-hydrogen) atoms. The first-order chi connectivity index (χ1) is 11.4. The van der Waals surface area contributed by atoms with Crippen molar-refractivity contribution in [3.63, 3.8) is 0 Å². The van der Waals surface area contributed by atoms with Crippen molar-refractivity contribution in [2.45, 2.75) is 53.1 Å². The van der Waals surface area contributed by atoms with Crippen LogP contribution in [0.15, 0.2) is 48.2 Å². The quantitative estimate of drug-likeness (QED) is 0.467. The van der Waals surface area contributed by atoms with E-state index in [4.69, 9.17) is 9.47 Å². The predicted octanol–water partition coefficient (Wildman–Crippen LogP) is 6.06. The summed E-state index contributed by atoms with van der Waals surface area (Å²) in [7, 11) is 1.69. The van der Waals surface area contributed by atoms with Gasteiger partial charge in [0.1, 0.15) is 6.10 Å². The van der Waals surface area contributed by atoms with Gasteiger partial charge in [-0.1, -0.05) is 64.1 Å². The Labute approximate surface area is 147 Å². The van der Waals surface area contributed by atoms with E-state index in [-0.39, 0.29) is 6.10 Å². The number of hydrogen-bond acceptors (Lipinski definition) is 2. The highest BCUT2D eigenvalue weighted by Crippen LogP contribution is 2.38. The van der Waals surface area contributed by atoms with Crippen LogP contribution in [0.4, 0.5) is 0 Å². The average Bonchev–Trinajstić information content (AvgIpc) is 2.55. The fourth-order valence-corrected chi connectivity index (χ4v) is 3.70. The van der Waals surface area contributed by atoms with Crippen LogP contribution in [0.25, 0.3) is 5.76 Å². The first-order valence-electron chi connectivity index (χ1n) is 9.10. The first-order valence-corrected chi connectivity index (χ1v) is 9.10. The second kappa shape index (κ2) is 8.41. The molecular weight excluding hydrogens is 296 g/mol. The standard InChI is InChI=1S/C22H32O2/c1-15(2)19-13-12-17(5)14-20(19)24-22(21(23-6)16(3)4)18-10-8-7-9-11-18/h7-11,15,17,19-20H,3,12-14H2,1-2,4-6H3/b22-21-/t17-,19+,20-/m1/s1. The third-order valence-electron chi connectivity index (χ3n) is 5.06. The molecule has 1 aliphatic rings. The number of rotatable bonds is 6. The average molecular weight is 328 g/mol. The number of benzene rings is 1. The minimum Gasteiger partial charge on any atom is -0.493 e. The predicted molar refractivity (Wildman–Crippen MR) is 101 cm³/mol. The van der Waals surface area contributed by atoms with Gasteiger partial charge in [-0.15, -0.1) is 0 Å². The van der Waals surface area contributed by atoms with E-state index in [2.05, 4.69) is 39.5 Å². The van der Waals surface area contributed by atoms with E-state index in [0.29, 0.717) is 17.8 Å². The molecule has 2 heteroatoms. The Hall–Kier alpha value is -1.70. The third-order valence-corrected chi connectivity index (χ3v) is 5.06. The zero-order chi connectivity index (χ0) is 17.7. The van der Waals surface area contributed by atoms with Gasteiger partial charge in [0.2, 0.25) is 0 Å². The molecule has 0 aliphatic heterocycles. The second-order valence-corrected chi connectivity index (χ2v) is 7.49. The first kappa shape index (κ1) is 18.6. The molecule has 0 N–H and O–H groups in total. The molecule has 3 atom stereocenters. The molecule has 1 aromatic carbocycles. The third kappa shape index (κ3) is 4.43. The van der Waals surface area contributed by atoms with E-state index in [9.17, 15) is 0 Å². The van der Waals surface area contributed by atoms with E-state index in [1.807, 2.05) is 25.1 Å². The van der Waals surface area contributed by atoms with Gasteiger partial charge in [0.05, 0.1) is 7.11 Å². The van der Waals surface area contributed by atoms with E-state index >= 15 is 0 Å². The number of ether oxygens (including phenoxy) is 2. The Balaban J connectivity index is 2.39. The summed E-state index contributed by atoms with van der Waals surface area (Å²) in [5, 5.41) is 0. The smallest absolute Gasteiger partial charge is 0.169 e. The summed E-state index contributed by atoms with van der Waals surface area (Å²) >= 11 is 0. The molecule has 132 valence electrons. The SMILES string of the molecule is C=C(C)/C(OC)=C(/O[C@@H]1C[C@H](C)CC[C@H]1C(C)C)c1ccccc1. The van der Waals surface area contributed by atoms with E-state index in [1.165, 1.54) is 12.8 Å². The molecule has 2 rings (SSSR count). The summed E-state index contributed by atoms with van der Waals surface area (Å²) in [5.74, 6) is 3.49. The van der Waals surface area contributed by atoms with E-state index < -0.39 is 0 Å². The van der Waals surface area contributed by atoms with Gasteiger partial charge in [-0.3, -0.25) is 0 Å². The molecule has 2 nitrogen and oxygen atoms in total. The lowest BCUT2D eigenvalue weighted by molar-refractivity contribution is 0.0227. The van der Waals surface area contributed by atoms with Gasteiger partial charge in [-0.2, -0.15) is 0 Å². The molecule has 1 fully saturated rings. The van der Waals surface area contributed by atoms with Gasteiger partial charge in [-0.25, -0.2) is 0 Å². The molecule has 1 saturated carbocycles. The van der Waals surface area contributed by atoms with Crippen molar-refractivity contribution < 1.29 is 9.47 Å². The topological polar surface area (TPSA) is 18.5 Å². The molecule has 0 amide bonds. The maximum atomic E-state index is 6.63. The molecule has 0 heterocycles. The lowest BCUT2D eigenvalue weighted by Crippen LogP contribution is -2.34. The Morgan fingerprint density at radius 1 is 1.17 bits per heavy atom. The molecular formula is C22H32O2. The lowest BCUT2D eigenvalue weighted by Gasteiger charge is -2.38. The second-order valence-electron chi connectivity index (χ2n) is 7.49. The zero-order valence-corrected chi connectivity index (χ0v) is 15.8. The summed E-state index contributed by atoms with van der Waals surface area (Å²) in [4.78, 5) is 0. The largest absolute Gasteiger partial charge is 0.493 e. The molecule has 0 aromatic heterocycles. The van der Waals surface area contributed by atoms with Gasteiger partial charge in [0.15, 0.2) is 11.5 Å². The fourth-order valence-electron chi connectivity index (χ4n) is 3.70. The Morgan fingerprint density at radius 2 is 1.83 bits per heavy atom.